The molecular weight excluding hydrogens is 356 g/mol. The van der Waals surface area contributed by atoms with Gasteiger partial charge in [0.2, 0.25) is 0 Å². The van der Waals surface area contributed by atoms with Crippen LogP contribution in [-0.4, -0.2) is 27.4 Å². The van der Waals surface area contributed by atoms with Crippen molar-refractivity contribution in [2.45, 2.75) is 26.9 Å². The number of aromatic nitrogens is 3. The molecule has 0 aliphatic heterocycles. The zero-order valence-corrected chi connectivity index (χ0v) is 16.0. The molecule has 1 amide bonds. The number of amides is 1. The van der Waals surface area contributed by atoms with E-state index in [0.717, 1.165) is 28.1 Å². The number of nitrogens with one attached hydrogen (secondary N) is 1. The Morgan fingerprint density at radius 3 is 2.68 bits per heavy atom. The van der Waals surface area contributed by atoms with E-state index in [0.29, 0.717) is 24.5 Å². The molecule has 0 atom stereocenters. The molecule has 0 saturated carbocycles. The number of aryl methyl sites for hydroxylation is 2. The quantitative estimate of drug-likeness (QED) is 0.537. The summed E-state index contributed by atoms with van der Waals surface area (Å²) in [6.45, 7) is 4.91. The number of anilines is 1. The molecule has 0 radical (unpaired) electrons. The molecule has 2 aromatic heterocycles. The Morgan fingerprint density at radius 1 is 1.25 bits per heavy atom. The van der Waals surface area contributed by atoms with Crippen molar-refractivity contribution < 1.29 is 9.53 Å². The number of hydrogen-bond donors (Lipinski definition) is 3. The Kier molecular flexibility index (Phi) is 5.90. The normalized spacial score (nSPS) is 10.7. The van der Waals surface area contributed by atoms with Crippen LogP contribution >= 0.6 is 0 Å². The number of nitrogens with zero attached hydrogens (tertiary/aromatic N) is 3. The molecule has 0 spiro atoms. The van der Waals surface area contributed by atoms with Gasteiger partial charge in [-0.3, -0.25) is 15.2 Å². The van der Waals surface area contributed by atoms with Gasteiger partial charge in [-0.05, 0) is 48.7 Å². The second-order valence-electron chi connectivity index (χ2n) is 6.49. The van der Waals surface area contributed by atoms with E-state index in [1.807, 2.05) is 38.1 Å². The van der Waals surface area contributed by atoms with E-state index in [4.69, 9.17) is 16.2 Å². The van der Waals surface area contributed by atoms with Gasteiger partial charge in [0, 0.05) is 18.4 Å². The van der Waals surface area contributed by atoms with Crippen molar-refractivity contribution in [1.29, 1.82) is 0 Å². The number of rotatable bonds is 7. The first kappa shape index (κ1) is 19.4. The number of benzene rings is 1. The summed E-state index contributed by atoms with van der Waals surface area (Å²) in [5, 5.41) is 7.18. The molecule has 0 bridgehead atoms. The molecule has 8 heteroatoms. The summed E-state index contributed by atoms with van der Waals surface area (Å²) in [4.78, 5) is 16.7. The summed E-state index contributed by atoms with van der Waals surface area (Å²) in [7, 11) is 0. The lowest BCUT2D eigenvalue weighted by Crippen LogP contribution is -2.23. The minimum absolute atomic E-state index is 0.141. The lowest BCUT2D eigenvalue weighted by molar-refractivity contribution is 0.0950. The van der Waals surface area contributed by atoms with Crippen molar-refractivity contribution >= 4 is 11.7 Å². The molecule has 5 N–H and O–H groups in total. The van der Waals surface area contributed by atoms with Gasteiger partial charge in [-0.15, -0.1) is 0 Å². The van der Waals surface area contributed by atoms with Crippen LogP contribution in [0.2, 0.25) is 0 Å². The first-order valence-electron chi connectivity index (χ1n) is 8.91. The topological polar surface area (TPSA) is 121 Å². The molecule has 0 saturated heterocycles. The third-order valence-electron chi connectivity index (χ3n) is 4.41. The van der Waals surface area contributed by atoms with E-state index in [-0.39, 0.29) is 12.6 Å². The van der Waals surface area contributed by atoms with Crippen LogP contribution in [0.4, 0.5) is 5.82 Å². The molecule has 146 valence electrons. The van der Waals surface area contributed by atoms with Crippen LogP contribution in [-0.2, 0) is 13.1 Å². The number of carbonyl (C=O) groups is 1. The van der Waals surface area contributed by atoms with Gasteiger partial charge in [0.15, 0.2) is 0 Å². The summed E-state index contributed by atoms with van der Waals surface area (Å²) in [6, 6.07) is 9.38. The fourth-order valence-corrected chi connectivity index (χ4v) is 2.97. The Morgan fingerprint density at radius 2 is 2.00 bits per heavy atom. The monoisotopic (exact) mass is 380 g/mol. The standard InChI is InChI=1S/C20H24N6O2/c1-13-7-19(22)25-14(2)18(13)9-23-20(27)16-8-24-26(11-16)10-15-3-5-17(6-4-15)28-12-21/h3-8,11H,9-10,12,21H2,1-2H3,(H2,22,25)(H,23,27). The van der Waals surface area contributed by atoms with Crippen LogP contribution in [0.1, 0.15) is 32.7 Å². The zero-order valence-electron chi connectivity index (χ0n) is 16.0. The number of hydrogen-bond acceptors (Lipinski definition) is 6. The van der Waals surface area contributed by atoms with Gasteiger partial charge in [-0.2, -0.15) is 5.10 Å². The highest BCUT2D eigenvalue weighted by Gasteiger charge is 2.11. The molecule has 2 heterocycles. The Balaban J connectivity index is 1.61. The van der Waals surface area contributed by atoms with Gasteiger partial charge in [-0.1, -0.05) is 12.1 Å². The molecule has 1 aromatic carbocycles. The van der Waals surface area contributed by atoms with Crippen molar-refractivity contribution in [3.8, 4) is 5.75 Å². The average molecular weight is 380 g/mol. The van der Waals surface area contributed by atoms with Gasteiger partial charge < -0.3 is 15.8 Å². The Hall–Kier alpha value is -3.39. The molecule has 0 fully saturated rings. The van der Waals surface area contributed by atoms with Crippen LogP contribution < -0.4 is 21.5 Å². The van der Waals surface area contributed by atoms with Crippen molar-refractivity contribution in [2.75, 3.05) is 12.5 Å². The maximum atomic E-state index is 12.5. The van der Waals surface area contributed by atoms with Crippen LogP contribution in [0.25, 0.3) is 0 Å². The summed E-state index contributed by atoms with van der Waals surface area (Å²) in [5.41, 5.74) is 15.4. The van der Waals surface area contributed by atoms with E-state index in [1.54, 1.807) is 23.1 Å². The highest BCUT2D eigenvalue weighted by molar-refractivity contribution is 5.93. The summed E-state index contributed by atoms with van der Waals surface area (Å²) in [6.07, 6.45) is 3.28. The minimum Gasteiger partial charge on any atom is -0.479 e. The van der Waals surface area contributed by atoms with Gasteiger partial charge in [0.1, 0.15) is 18.3 Å². The highest BCUT2D eigenvalue weighted by Crippen LogP contribution is 2.15. The van der Waals surface area contributed by atoms with Gasteiger partial charge >= 0.3 is 0 Å². The van der Waals surface area contributed by atoms with E-state index >= 15 is 0 Å². The zero-order chi connectivity index (χ0) is 20.1. The predicted molar refractivity (Wildman–Crippen MR) is 107 cm³/mol. The number of nitrogens with two attached hydrogens (primary N) is 2. The number of carbonyl (C=O) groups excluding carboxylic acids is 1. The van der Waals surface area contributed by atoms with Crippen molar-refractivity contribution in [2.24, 2.45) is 5.73 Å². The third-order valence-corrected chi connectivity index (χ3v) is 4.41. The minimum atomic E-state index is -0.187. The molecule has 3 rings (SSSR count). The van der Waals surface area contributed by atoms with Crippen molar-refractivity contribution in [3.05, 3.63) is 70.7 Å². The lowest BCUT2D eigenvalue weighted by Gasteiger charge is -2.11. The SMILES string of the molecule is Cc1cc(N)nc(C)c1CNC(=O)c1cnn(Cc2ccc(OCN)cc2)c1. The number of nitrogen functional groups attached to an aromatic ring is 1. The summed E-state index contributed by atoms with van der Waals surface area (Å²) < 4.78 is 6.94. The Bertz CT molecular complexity index is 942. The second-order valence-corrected chi connectivity index (χ2v) is 6.49. The first-order valence-corrected chi connectivity index (χ1v) is 8.91. The van der Waals surface area contributed by atoms with Crippen LogP contribution in [0, 0.1) is 13.8 Å². The maximum Gasteiger partial charge on any atom is 0.254 e. The van der Waals surface area contributed by atoms with Crippen LogP contribution in [0.3, 0.4) is 0 Å². The van der Waals surface area contributed by atoms with Crippen molar-refractivity contribution in [1.82, 2.24) is 20.1 Å². The summed E-state index contributed by atoms with van der Waals surface area (Å²) >= 11 is 0. The molecule has 28 heavy (non-hydrogen) atoms. The van der Waals surface area contributed by atoms with Gasteiger partial charge in [0.05, 0.1) is 18.3 Å². The molecule has 0 unspecified atom stereocenters. The largest absolute Gasteiger partial charge is 0.479 e. The van der Waals surface area contributed by atoms with E-state index < -0.39 is 0 Å². The molecular formula is C20H24N6O2. The Labute approximate surface area is 163 Å². The predicted octanol–water partition coefficient (Wildman–Crippen LogP) is 1.75. The van der Waals surface area contributed by atoms with Gasteiger partial charge in [0.25, 0.3) is 5.91 Å². The lowest BCUT2D eigenvalue weighted by atomic mass is 10.1. The van der Waals surface area contributed by atoms with E-state index in [9.17, 15) is 4.79 Å². The average Bonchev–Trinajstić information content (AvgIpc) is 3.11. The van der Waals surface area contributed by atoms with Crippen LogP contribution in [0.15, 0.2) is 42.7 Å². The molecule has 0 aliphatic carbocycles. The fraction of sp³-hybridized carbons (Fsp3) is 0.250. The van der Waals surface area contributed by atoms with Crippen LogP contribution in [0.5, 0.6) is 5.75 Å². The van der Waals surface area contributed by atoms with Crippen molar-refractivity contribution in [3.63, 3.8) is 0 Å². The summed E-state index contributed by atoms with van der Waals surface area (Å²) in [5.74, 6) is 1.01. The fourth-order valence-electron chi connectivity index (χ4n) is 2.97. The molecule has 3 aromatic rings. The highest BCUT2D eigenvalue weighted by atomic mass is 16.5. The smallest absolute Gasteiger partial charge is 0.254 e. The first-order chi connectivity index (χ1) is 13.5. The number of pyridine rings is 1. The molecule has 0 aliphatic rings. The second kappa shape index (κ2) is 8.53. The third kappa shape index (κ3) is 4.66. The van der Waals surface area contributed by atoms with E-state index in [1.165, 1.54) is 0 Å². The number of ether oxygens (including phenoxy) is 1. The molecule has 8 nitrogen and oxygen atoms in total. The maximum absolute atomic E-state index is 12.5. The van der Waals surface area contributed by atoms with E-state index in [2.05, 4.69) is 15.4 Å². The van der Waals surface area contributed by atoms with Gasteiger partial charge in [-0.25, -0.2) is 4.98 Å².